The third kappa shape index (κ3) is 7.18. The van der Waals surface area contributed by atoms with Crippen molar-refractivity contribution in [2.45, 2.75) is 57.6 Å². The molecule has 7 atom stereocenters. The largest absolute Gasteiger partial charge is 0.445 e. The average Bonchev–Trinajstić information content (AvgIpc) is 3.71. The monoisotopic (exact) mass is 621 g/mol. The number of carbonyl (C=O) groups is 2. The molecule has 1 aliphatic carbocycles. The number of hydrogen-bond acceptors (Lipinski definition) is 9. The zero-order chi connectivity index (χ0) is 31.5. The van der Waals surface area contributed by atoms with Gasteiger partial charge < -0.3 is 44.6 Å². The fourth-order valence-corrected chi connectivity index (χ4v) is 6.67. The van der Waals surface area contributed by atoms with Gasteiger partial charge >= 0.3 is 12.1 Å². The van der Waals surface area contributed by atoms with Crippen molar-refractivity contribution < 1.29 is 33.3 Å². The molecule has 5 unspecified atom stereocenters. The Morgan fingerprint density at radius 1 is 1.11 bits per heavy atom. The molecule has 242 valence electrons. The van der Waals surface area contributed by atoms with Crippen molar-refractivity contribution in [2.24, 2.45) is 23.7 Å². The number of aliphatic hydroxyl groups is 1. The number of hydrogen-bond donors (Lipinski definition) is 4. The summed E-state index contributed by atoms with van der Waals surface area (Å²) in [5.41, 5.74) is 2.70. The van der Waals surface area contributed by atoms with Crippen molar-refractivity contribution in [2.75, 3.05) is 44.0 Å². The van der Waals surface area contributed by atoms with E-state index in [9.17, 15) is 14.7 Å². The summed E-state index contributed by atoms with van der Waals surface area (Å²) < 4.78 is 23.2. The minimum absolute atomic E-state index is 0.00650. The minimum atomic E-state index is -1.07. The lowest BCUT2D eigenvalue weighted by Crippen LogP contribution is -2.52. The van der Waals surface area contributed by atoms with Crippen LogP contribution >= 0.6 is 0 Å². The lowest BCUT2D eigenvalue weighted by atomic mass is 9.98. The fourth-order valence-electron chi connectivity index (χ4n) is 6.67. The average molecular weight is 622 g/mol. The highest BCUT2D eigenvalue weighted by atomic mass is 16.7. The predicted octanol–water partition coefficient (Wildman–Crippen LogP) is 4.46. The van der Waals surface area contributed by atoms with Crippen LogP contribution in [-0.4, -0.2) is 85.0 Å². The lowest BCUT2D eigenvalue weighted by Gasteiger charge is -2.32. The van der Waals surface area contributed by atoms with Crippen LogP contribution in [0.3, 0.4) is 0 Å². The number of benzene rings is 2. The summed E-state index contributed by atoms with van der Waals surface area (Å²) in [5.74, 6) is 0.837. The van der Waals surface area contributed by atoms with E-state index in [4.69, 9.17) is 18.6 Å². The summed E-state index contributed by atoms with van der Waals surface area (Å²) >= 11 is 0. The van der Waals surface area contributed by atoms with Crippen LogP contribution in [0.4, 0.5) is 21.3 Å². The standard InChI is InChI=1S/C33H43N5O7/c1-19(2)11-12-38(32(40)35-22-9-10-28-26(15-22)36-31(34-3)44-28)16-27(39)25(13-20-7-5-4-6-8-20)37-33(41)45-29-21-14-23-24(29)18-43-30(23)42-17-21/h4-10,15,19,21,23-25,27,29-30,39H,11-14,16-18H2,1-3H3,(H,34,36)(H,35,40)(H,37,41)/t21?,23?,24?,25-,27+,29?,30?/m0/s1. The van der Waals surface area contributed by atoms with Crippen molar-refractivity contribution in [3.05, 3.63) is 54.1 Å². The molecule has 3 heterocycles. The Morgan fingerprint density at radius 2 is 1.91 bits per heavy atom. The molecule has 12 heteroatoms. The highest BCUT2D eigenvalue weighted by molar-refractivity contribution is 5.92. The molecule has 2 bridgehead atoms. The van der Waals surface area contributed by atoms with Crippen LogP contribution in [0.1, 0.15) is 32.3 Å². The van der Waals surface area contributed by atoms with Gasteiger partial charge in [0.15, 0.2) is 11.9 Å². The van der Waals surface area contributed by atoms with Crippen LogP contribution < -0.4 is 16.0 Å². The quantitative estimate of drug-likeness (QED) is 0.230. The first kappa shape index (κ1) is 31.1. The van der Waals surface area contributed by atoms with Crippen LogP contribution in [0.25, 0.3) is 11.1 Å². The van der Waals surface area contributed by atoms with Gasteiger partial charge in [0.2, 0.25) is 0 Å². The normalized spacial score (nSPS) is 24.8. The Labute approximate surface area is 262 Å². The molecule has 0 radical (unpaired) electrons. The molecule has 2 aliphatic heterocycles. The highest BCUT2D eigenvalue weighted by Crippen LogP contribution is 2.49. The van der Waals surface area contributed by atoms with Gasteiger partial charge in [-0.1, -0.05) is 44.2 Å². The Balaban J connectivity index is 1.15. The Bertz CT molecular complexity index is 1470. The van der Waals surface area contributed by atoms with Crippen LogP contribution in [0.2, 0.25) is 0 Å². The maximum atomic E-state index is 13.6. The number of amides is 3. The van der Waals surface area contributed by atoms with E-state index in [0.29, 0.717) is 54.9 Å². The van der Waals surface area contributed by atoms with Gasteiger partial charge in [-0.15, -0.1) is 0 Å². The number of nitrogens with one attached hydrogen (secondary N) is 3. The summed E-state index contributed by atoms with van der Waals surface area (Å²) in [5, 5.41) is 20.4. The molecule has 4 N–H and O–H groups in total. The Kier molecular flexibility index (Phi) is 9.43. The van der Waals surface area contributed by atoms with E-state index in [0.717, 1.165) is 18.4 Å². The number of aliphatic hydroxyl groups excluding tert-OH is 1. The number of rotatable bonds is 12. The number of oxazole rings is 1. The Morgan fingerprint density at radius 3 is 2.69 bits per heavy atom. The topological polar surface area (TPSA) is 147 Å². The fraction of sp³-hybridized carbons (Fsp3) is 0.545. The van der Waals surface area contributed by atoms with E-state index in [1.165, 1.54) is 0 Å². The molecule has 1 aromatic heterocycles. The van der Waals surface area contributed by atoms with Gasteiger partial charge in [0, 0.05) is 37.0 Å². The van der Waals surface area contributed by atoms with Crippen LogP contribution in [0, 0.1) is 23.7 Å². The van der Waals surface area contributed by atoms with Crippen molar-refractivity contribution in [3.8, 4) is 0 Å². The number of fused-ring (bicyclic) bond motifs is 2. The Hall–Kier alpha value is -3.87. The molecule has 2 aromatic carbocycles. The van der Waals surface area contributed by atoms with Gasteiger partial charge in [0.05, 0.1) is 31.9 Å². The van der Waals surface area contributed by atoms with Crippen molar-refractivity contribution >= 4 is 34.9 Å². The van der Waals surface area contributed by atoms with Gasteiger partial charge in [-0.25, -0.2) is 9.59 Å². The summed E-state index contributed by atoms with van der Waals surface area (Å²) in [4.78, 5) is 32.9. The molecular formula is C33H43N5O7. The van der Waals surface area contributed by atoms with Crippen molar-refractivity contribution in [1.29, 1.82) is 0 Å². The predicted molar refractivity (Wildman–Crippen MR) is 168 cm³/mol. The second-order valence-corrected chi connectivity index (χ2v) is 12.7. The van der Waals surface area contributed by atoms with E-state index in [1.54, 1.807) is 30.1 Å². The minimum Gasteiger partial charge on any atom is -0.445 e. The number of anilines is 2. The zero-order valence-corrected chi connectivity index (χ0v) is 26.0. The molecule has 0 spiro atoms. The molecule has 3 fully saturated rings. The second kappa shape index (κ2) is 13.6. The van der Waals surface area contributed by atoms with Gasteiger partial charge in [-0.3, -0.25) is 0 Å². The first-order chi connectivity index (χ1) is 21.8. The van der Waals surface area contributed by atoms with Gasteiger partial charge in [0.1, 0.15) is 11.6 Å². The summed E-state index contributed by atoms with van der Waals surface area (Å²) in [6.45, 7) is 5.62. The van der Waals surface area contributed by atoms with E-state index in [2.05, 4.69) is 34.8 Å². The molecule has 6 rings (SSSR count). The third-order valence-electron chi connectivity index (χ3n) is 9.12. The number of carbonyl (C=O) groups excluding carboxylic acids is 2. The molecule has 45 heavy (non-hydrogen) atoms. The van der Waals surface area contributed by atoms with Crippen LogP contribution in [-0.2, 0) is 20.6 Å². The van der Waals surface area contributed by atoms with E-state index >= 15 is 0 Å². The van der Waals surface area contributed by atoms with Gasteiger partial charge in [0.25, 0.3) is 6.01 Å². The SMILES string of the molecule is CNc1nc2cc(NC(=O)N(CCC(C)C)C[C@@H](O)[C@H](Cc3ccccc3)NC(=O)OC3C4COC5OCC3C5C4)ccc2o1. The number of ether oxygens (including phenoxy) is 3. The van der Waals surface area contributed by atoms with E-state index < -0.39 is 18.2 Å². The maximum absolute atomic E-state index is 13.6. The lowest BCUT2D eigenvalue weighted by molar-refractivity contribution is -0.169. The molecule has 3 aromatic rings. The number of urea groups is 1. The number of nitrogens with zero attached hydrogens (tertiary/aromatic N) is 2. The third-order valence-corrected chi connectivity index (χ3v) is 9.12. The summed E-state index contributed by atoms with van der Waals surface area (Å²) in [6, 6.07) is 14.2. The molecule has 2 saturated heterocycles. The van der Waals surface area contributed by atoms with Crippen LogP contribution in [0.5, 0.6) is 0 Å². The smallest absolute Gasteiger partial charge is 0.407 e. The molecule has 3 aliphatic rings. The zero-order valence-electron chi connectivity index (χ0n) is 26.0. The van der Waals surface area contributed by atoms with Gasteiger partial charge in [-0.05, 0) is 48.9 Å². The molecule has 1 saturated carbocycles. The second-order valence-electron chi connectivity index (χ2n) is 12.7. The molecule has 12 nitrogen and oxygen atoms in total. The first-order valence-electron chi connectivity index (χ1n) is 15.8. The van der Waals surface area contributed by atoms with Crippen molar-refractivity contribution in [1.82, 2.24) is 15.2 Å². The number of aromatic nitrogens is 1. The van der Waals surface area contributed by atoms with Gasteiger partial charge in [-0.2, -0.15) is 4.98 Å². The maximum Gasteiger partial charge on any atom is 0.407 e. The van der Waals surface area contributed by atoms with E-state index in [1.807, 2.05) is 30.3 Å². The van der Waals surface area contributed by atoms with Crippen LogP contribution in [0.15, 0.2) is 52.9 Å². The molecule has 3 amide bonds. The first-order valence-corrected chi connectivity index (χ1v) is 15.8. The highest BCUT2D eigenvalue weighted by Gasteiger charge is 2.56. The molecular weight excluding hydrogens is 578 g/mol. The van der Waals surface area contributed by atoms with E-state index in [-0.39, 0.29) is 42.7 Å². The van der Waals surface area contributed by atoms with Crippen molar-refractivity contribution in [3.63, 3.8) is 0 Å². The summed E-state index contributed by atoms with van der Waals surface area (Å²) in [7, 11) is 1.72. The number of alkyl carbamates (subject to hydrolysis) is 1. The summed E-state index contributed by atoms with van der Waals surface area (Å²) in [6.07, 6.45) is -0.137.